The number of hydrogen-bond donors (Lipinski definition) is 2. The molecule has 3 aromatic carbocycles. The highest BCUT2D eigenvalue weighted by atomic mass is 16.5. The van der Waals surface area contributed by atoms with E-state index in [9.17, 15) is 19.2 Å². The first kappa shape index (κ1) is 39.9. The first-order valence-electron chi connectivity index (χ1n) is 21.9. The summed E-state index contributed by atoms with van der Waals surface area (Å²) < 4.78 is 8.12. The number of aldehydes is 1. The number of ether oxygens (including phenoxy) is 1. The lowest BCUT2D eigenvalue weighted by Crippen LogP contribution is -2.53. The van der Waals surface area contributed by atoms with Crippen molar-refractivity contribution >= 4 is 46.5 Å². The fourth-order valence-electron chi connectivity index (χ4n) is 10.7. The molecule has 2 unspecified atom stereocenters. The zero-order chi connectivity index (χ0) is 42.5. The van der Waals surface area contributed by atoms with E-state index in [-0.39, 0.29) is 30.4 Å². The van der Waals surface area contributed by atoms with Crippen LogP contribution >= 0.6 is 0 Å². The van der Waals surface area contributed by atoms with Crippen molar-refractivity contribution in [2.45, 2.75) is 56.7 Å². The van der Waals surface area contributed by atoms with E-state index < -0.39 is 17.9 Å². The van der Waals surface area contributed by atoms with Crippen molar-refractivity contribution in [1.29, 1.82) is 0 Å². The van der Waals surface area contributed by atoms with Crippen molar-refractivity contribution in [3.63, 3.8) is 0 Å². The van der Waals surface area contributed by atoms with Crippen LogP contribution < -0.4 is 20.7 Å². The third-order valence-electron chi connectivity index (χ3n) is 14.0. The maximum absolute atomic E-state index is 13.3. The number of nitrogens with one attached hydrogen (secondary N) is 1. The molecule has 2 aromatic heterocycles. The number of fused-ring (bicyclic) bond motifs is 2. The standard InChI is InChI=1S/C47H52N10O5/c1-53(40-13-14-41(59)51-46(40)60)47(61)39-12-9-35(21-33(39)27-58)56-23-29(24-56)22-54-25-31-19-36(20-32(31)26-54)55-17-15-34(16-18-55)57-45-42(44(48)49-28-50-45)43(52-57)30-7-10-38(11-8-30)62-37-5-3-2-4-6-37/h2-12,21,27-29,31-32,34,36,40H,13-20,22-26H2,1H3,(H2,48,49,50)(H,51,59,60)/t31-,32+,36?,40?. The molecule has 4 aliphatic heterocycles. The van der Waals surface area contributed by atoms with Crippen LogP contribution in [0.15, 0.2) is 79.1 Å². The molecule has 0 bridgehead atoms. The van der Waals surface area contributed by atoms with Crippen LogP contribution in [0.25, 0.3) is 22.3 Å². The molecular weight excluding hydrogens is 785 g/mol. The number of nitrogens with zero attached hydrogens (tertiary/aromatic N) is 8. The van der Waals surface area contributed by atoms with E-state index >= 15 is 0 Å². The van der Waals surface area contributed by atoms with Gasteiger partial charge < -0.3 is 30.1 Å². The second kappa shape index (κ2) is 16.6. The number of nitrogen functional groups attached to an aromatic ring is 1. The normalized spacial score (nSPS) is 23.6. The van der Waals surface area contributed by atoms with E-state index in [0.717, 1.165) is 110 Å². The minimum atomic E-state index is -0.747. The van der Waals surface area contributed by atoms with Crippen molar-refractivity contribution in [1.82, 2.24) is 39.8 Å². The van der Waals surface area contributed by atoms with Crippen LogP contribution in [0.3, 0.4) is 0 Å². The lowest BCUT2D eigenvalue weighted by molar-refractivity contribution is -0.136. The SMILES string of the molecule is CN(C(=O)c1ccc(N2CC(CN3C[C@H]4CC(N5CCC(n6nc(-c7ccc(Oc8ccccc8)cc7)c7c(N)ncnc76)CC5)C[C@H]4C3)C2)cc1C=O)C1CCC(=O)NC1=O. The van der Waals surface area contributed by atoms with Crippen LogP contribution in [-0.2, 0) is 9.59 Å². The van der Waals surface area contributed by atoms with Gasteiger partial charge in [-0.3, -0.25) is 24.5 Å². The number of anilines is 2. The van der Waals surface area contributed by atoms with E-state index in [1.165, 1.54) is 24.1 Å². The molecule has 15 nitrogen and oxygen atoms in total. The number of piperidine rings is 2. The number of likely N-dealkylation sites (tertiary alicyclic amines) is 2. The van der Waals surface area contributed by atoms with Gasteiger partial charge in [-0.25, -0.2) is 14.6 Å². The van der Waals surface area contributed by atoms with Crippen molar-refractivity contribution in [2.75, 3.05) is 63.5 Å². The maximum atomic E-state index is 13.3. The molecule has 6 heterocycles. The largest absolute Gasteiger partial charge is 0.457 e. The molecule has 320 valence electrons. The smallest absolute Gasteiger partial charge is 0.255 e. The Labute approximate surface area is 360 Å². The lowest BCUT2D eigenvalue weighted by atomic mass is 9.96. The summed E-state index contributed by atoms with van der Waals surface area (Å²) in [5.74, 6) is 2.75. The topological polar surface area (TPSA) is 172 Å². The van der Waals surface area contributed by atoms with Gasteiger partial charge in [0, 0.05) is 88.1 Å². The zero-order valence-corrected chi connectivity index (χ0v) is 34.9. The van der Waals surface area contributed by atoms with Crippen molar-refractivity contribution < 1.29 is 23.9 Å². The number of nitrogens with two attached hydrogens (primary N) is 1. The molecule has 5 fully saturated rings. The number of para-hydroxylation sites is 1. The number of hydrogen-bond acceptors (Lipinski definition) is 12. The van der Waals surface area contributed by atoms with Gasteiger partial charge >= 0.3 is 0 Å². The predicted octanol–water partition coefficient (Wildman–Crippen LogP) is 5.04. The lowest BCUT2D eigenvalue weighted by Gasteiger charge is -2.43. The summed E-state index contributed by atoms with van der Waals surface area (Å²) in [6.07, 6.45) is 7.20. The molecule has 5 aromatic rings. The Hall–Kier alpha value is -6.19. The number of aromatic nitrogens is 4. The quantitative estimate of drug-likeness (QED) is 0.134. The summed E-state index contributed by atoms with van der Waals surface area (Å²) in [4.78, 5) is 67.4. The minimum Gasteiger partial charge on any atom is -0.457 e. The molecule has 0 radical (unpaired) electrons. The first-order chi connectivity index (χ1) is 30.2. The van der Waals surface area contributed by atoms with Gasteiger partial charge in [0.2, 0.25) is 11.8 Å². The van der Waals surface area contributed by atoms with Gasteiger partial charge in [-0.2, -0.15) is 5.10 Å². The Morgan fingerprint density at radius 1 is 0.903 bits per heavy atom. The fraction of sp³-hybridized carbons (Fsp3) is 0.426. The molecule has 4 atom stereocenters. The molecule has 3 N–H and O–H groups in total. The molecule has 5 aliphatic rings. The highest BCUT2D eigenvalue weighted by molar-refractivity contribution is 6.06. The molecular formula is C47H52N10O5. The molecule has 4 saturated heterocycles. The molecule has 15 heteroatoms. The summed E-state index contributed by atoms with van der Waals surface area (Å²) in [5.41, 5.74) is 10.5. The number of likely N-dealkylation sites (N-methyl/N-ethyl adjacent to an activating group) is 1. The van der Waals surface area contributed by atoms with E-state index in [1.807, 2.05) is 60.7 Å². The van der Waals surface area contributed by atoms with Gasteiger partial charge in [0.25, 0.3) is 5.91 Å². The van der Waals surface area contributed by atoms with E-state index in [1.54, 1.807) is 19.2 Å². The Morgan fingerprint density at radius 2 is 1.63 bits per heavy atom. The molecule has 62 heavy (non-hydrogen) atoms. The van der Waals surface area contributed by atoms with Gasteiger partial charge in [-0.05, 0) is 98.5 Å². The Morgan fingerprint density at radius 3 is 2.34 bits per heavy atom. The predicted molar refractivity (Wildman–Crippen MR) is 234 cm³/mol. The van der Waals surface area contributed by atoms with Gasteiger partial charge in [-0.15, -0.1) is 0 Å². The van der Waals surface area contributed by atoms with Crippen molar-refractivity contribution in [3.05, 3.63) is 90.3 Å². The molecule has 1 aliphatic carbocycles. The average Bonchev–Trinajstić information content (AvgIpc) is 3.98. The van der Waals surface area contributed by atoms with Crippen LogP contribution in [0, 0.1) is 17.8 Å². The van der Waals surface area contributed by atoms with Gasteiger partial charge in [0.05, 0.1) is 17.0 Å². The van der Waals surface area contributed by atoms with E-state index in [0.29, 0.717) is 29.6 Å². The first-order valence-corrected chi connectivity index (χ1v) is 21.9. The number of amides is 3. The summed E-state index contributed by atoms with van der Waals surface area (Å²) >= 11 is 0. The molecule has 10 rings (SSSR count). The summed E-state index contributed by atoms with van der Waals surface area (Å²) in [5, 5.41) is 8.24. The van der Waals surface area contributed by atoms with Gasteiger partial charge in [0.1, 0.15) is 35.4 Å². The van der Waals surface area contributed by atoms with Crippen molar-refractivity contribution in [3.8, 4) is 22.8 Å². The van der Waals surface area contributed by atoms with E-state index in [4.69, 9.17) is 15.6 Å². The van der Waals surface area contributed by atoms with Gasteiger partial charge in [-0.1, -0.05) is 18.2 Å². The third kappa shape index (κ3) is 7.68. The Bertz CT molecular complexity index is 2480. The third-order valence-corrected chi connectivity index (χ3v) is 14.0. The Balaban J connectivity index is 0.702. The van der Waals surface area contributed by atoms with E-state index in [2.05, 4.69) is 34.7 Å². The van der Waals surface area contributed by atoms with Crippen LogP contribution in [0.2, 0.25) is 0 Å². The number of rotatable bonds is 11. The monoisotopic (exact) mass is 836 g/mol. The molecule has 0 spiro atoms. The number of carbonyl (C=O) groups is 4. The fourth-order valence-corrected chi connectivity index (χ4v) is 10.7. The number of imide groups is 1. The summed E-state index contributed by atoms with van der Waals surface area (Å²) in [6, 6.07) is 23.1. The van der Waals surface area contributed by atoms with Crippen LogP contribution in [0.5, 0.6) is 11.5 Å². The second-order valence-electron chi connectivity index (χ2n) is 17.9. The van der Waals surface area contributed by atoms with Crippen molar-refractivity contribution in [2.24, 2.45) is 17.8 Å². The number of benzene rings is 3. The van der Waals surface area contributed by atoms with Gasteiger partial charge in [0.15, 0.2) is 11.9 Å². The maximum Gasteiger partial charge on any atom is 0.255 e. The highest BCUT2D eigenvalue weighted by Gasteiger charge is 2.44. The van der Waals surface area contributed by atoms with Crippen LogP contribution in [0.1, 0.15) is 65.3 Å². The average molecular weight is 837 g/mol. The molecule has 1 saturated carbocycles. The summed E-state index contributed by atoms with van der Waals surface area (Å²) in [7, 11) is 1.54. The number of carbonyl (C=O) groups excluding carboxylic acids is 4. The van der Waals surface area contributed by atoms with Crippen LogP contribution in [-0.4, -0.2) is 123 Å². The minimum absolute atomic E-state index is 0.175. The van der Waals surface area contributed by atoms with Crippen LogP contribution in [0.4, 0.5) is 11.5 Å². The zero-order valence-electron chi connectivity index (χ0n) is 34.9. The second-order valence-corrected chi connectivity index (χ2v) is 17.9. The summed E-state index contributed by atoms with van der Waals surface area (Å²) in [6.45, 7) is 7.28. The highest BCUT2D eigenvalue weighted by Crippen LogP contribution is 2.43. The molecule has 3 amide bonds. The Kier molecular flexibility index (Phi) is 10.7.